The van der Waals surface area contributed by atoms with E-state index < -0.39 is 35.5 Å². The summed E-state index contributed by atoms with van der Waals surface area (Å²) in [7, 11) is 0. The van der Waals surface area contributed by atoms with Gasteiger partial charge in [0.25, 0.3) is 5.91 Å². The Labute approximate surface area is 216 Å². The average Bonchev–Trinajstić information content (AvgIpc) is 3.34. The minimum Gasteiger partial charge on any atom is -0.461 e. The molecule has 38 heavy (non-hydrogen) atoms. The van der Waals surface area contributed by atoms with Gasteiger partial charge in [-0.05, 0) is 51.1 Å². The quantitative estimate of drug-likeness (QED) is 0.416. The molecule has 1 amide bonds. The SMILES string of the molecule is CC(C)Oc1nccc(-c2[nH]c(C3(C(N)=O)OCC(C)(C(=O)OCC#N)CO3)nc2-c2ccc(F)cc2)n1. The van der Waals surface area contributed by atoms with E-state index in [0.29, 0.717) is 22.6 Å². The largest absolute Gasteiger partial charge is 0.461 e. The highest BCUT2D eigenvalue weighted by Crippen LogP contribution is 2.39. The zero-order valence-corrected chi connectivity index (χ0v) is 20.9. The molecule has 12 nitrogen and oxygen atoms in total. The van der Waals surface area contributed by atoms with Crippen molar-refractivity contribution in [1.29, 1.82) is 5.26 Å². The number of H-pyrrole nitrogens is 1. The van der Waals surface area contributed by atoms with Crippen LogP contribution in [-0.4, -0.2) is 57.7 Å². The van der Waals surface area contributed by atoms with E-state index in [-0.39, 0.29) is 31.2 Å². The number of imidazole rings is 1. The summed E-state index contributed by atoms with van der Waals surface area (Å²) in [6.07, 6.45) is 1.31. The van der Waals surface area contributed by atoms with Crippen LogP contribution in [0.25, 0.3) is 22.6 Å². The number of amides is 1. The summed E-state index contributed by atoms with van der Waals surface area (Å²) in [5.41, 5.74) is 5.88. The highest BCUT2D eigenvalue weighted by molar-refractivity contribution is 5.85. The highest BCUT2D eigenvalue weighted by Gasteiger charge is 2.54. The molecule has 2 aromatic heterocycles. The van der Waals surface area contributed by atoms with Gasteiger partial charge in [0.2, 0.25) is 0 Å². The summed E-state index contributed by atoms with van der Waals surface area (Å²) < 4.78 is 35.7. The predicted octanol–water partition coefficient (Wildman–Crippen LogP) is 2.22. The molecule has 0 aliphatic carbocycles. The van der Waals surface area contributed by atoms with Gasteiger partial charge < -0.3 is 29.7 Å². The highest BCUT2D eigenvalue weighted by atomic mass is 19.1. The van der Waals surface area contributed by atoms with E-state index >= 15 is 0 Å². The van der Waals surface area contributed by atoms with Crippen LogP contribution in [0.1, 0.15) is 26.6 Å². The van der Waals surface area contributed by atoms with Gasteiger partial charge in [0.05, 0.1) is 36.4 Å². The van der Waals surface area contributed by atoms with Crippen molar-refractivity contribution in [2.24, 2.45) is 11.1 Å². The summed E-state index contributed by atoms with van der Waals surface area (Å²) in [4.78, 5) is 41.2. The summed E-state index contributed by atoms with van der Waals surface area (Å²) >= 11 is 0. The topological polar surface area (TPSA) is 175 Å². The lowest BCUT2D eigenvalue weighted by molar-refractivity contribution is -0.293. The Balaban J connectivity index is 1.78. The van der Waals surface area contributed by atoms with Gasteiger partial charge >= 0.3 is 17.8 Å². The average molecular weight is 525 g/mol. The molecular weight excluding hydrogens is 499 g/mol. The van der Waals surface area contributed by atoms with Crippen molar-refractivity contribution in [2.75, 3.05) is 19.8 Å². The van der Waals surface area contributed by atoms with E-state index in [4.69, 9.17) is 29.9 Å². The fraction of sp³-hybridized carbons (Fsp3) is 0.360. The molecule has 0 bridgehead atoms. The molecule has 198 valence electrons. The van der Waals surface area contributed by atoms with Gasteiger partial charge in [0.1, 0.15) is 17.3 Å². The third-order valence-corrected chi connectivity index (χ3v) is 5.64. The Morgan fingerprint density at radius 2 is 1.89 bits per heavy atom. The van der Waals surface area contributed by atoms with Crippen molar-refractivity contribution in [3.05, 3.63) is 48.2 Å². The number of halogens is 1. The molecule has 0 radical (unpaired) electrons. The maximum atomic E-state index is 13.7. The molecule has 13 heteroatoms. The van der Waals surface area contributed by atoms with E-state index in [1.807, 2.05) is 13.8 Å². The van der Waals surface area contributed by atoms with Gasteiger partial charge in [0.15, 0.2) is 12.4 Å². The van der Waals surface area contributed by atoms with Crippen molar-refractivity contribution in [3.63, 3.8) is 0 Å². The molecule has 0 saturated carbocycles. The number of nitrogens with one attached hydrogen (secondary N) is 1. The minimum atomic E-state index is -2.19. The molecule has 0 spiro atoms. The number of nitriles is 1. The Hall–Kier alpha value is -4.41. The first-order valence-electron chi connectivity index (χ1n) is 11.6. The van der Waals surface area contributed by atoms with Crippen LogP contribution < -0.4 is 10.5 Å². The summed E-state index contributed by atoms with van der Waals surface area (Å²) in [5, 5.41) is 8.69. The molecule has 3 heterocycles. The monoisotopic (exact) mass is 524 g/mol. The Bertz CT molecular complexity index is 1380. The molecule has 1 saturated heterocycles. The second kappa shape index (κ2) is 10.5. The number of ether oxygens (including phenoxy) is 4. The van der Waals surface area contributed by atoms with Crippen molar-refractivity contribution >= 4 is 11.9 Å². The fourth-order valence-corrected chi connectivity index (χ4v) is 3.67. The number of rotatable bonds is 8. The third kappa shape index (κ3) is 5.17. The molecule has 3 aromatic rings. The third-order valence-electron chi connectivity index (χ3n) is 5.64. The number of aromatic nitrogens is 4. The zero-order chi connectivity index (χ0) is 27.5. The molecule has 1 aliphatic heterocycles. The normalized spacial score (nSPS) is 21.1. The Kier molecular flexibility index (Phi) is 7.38. The number of aromatic amines is 1. The predicted molar refractivity (Wildman–Crippen MR) is 128 cm³/mol. The fourth-order valence-electron chi connectivity index (χ4n) is 3.67. The van der Waals surface area contributed by atoms with E-state index in [9.17, 15) is 14.0 Å². The van der Waals surface area contributed by atoms with Crippen LogP contribution in [-0.2, 0) is 29.6 Å². The smallest absolute Gasteiger partial charge is 0.317 e. The molecule has 1 fully saturated rings. The van der Waals surface area contributed by atoms with E-state index in [1.54, 1.807) is 12.1 Å². The first kappa shape index (κ1) is 26.6. The lowest BCUT2D eigenvalue weighted by atomic mass is 9.91. The molecular formula is C25H25FN6O6. The number of hydrogen-bond donors (Lipinski definition) is 2. The number of benzene rings is 1. The standard InChI is InChI=1S/C25H25FN6O6/c1-14(2)38-23-29-10-8-17(30-23)19-18(15-4-6-16(26)7-5-15)31-21(32-19)25(20(28)33)36-12-24(3,13-37-25)22(34)35-11-9-27/h4-8,10,14H,11-13H2,1-3H3,(H2,28,33)(H,31,32). The van der Waals surface area contributed by atoms with Crippen LogP contribution in [0.15, 0.2) is 36.5 Å². The number of carbonyl (C=O) groups is 2. The second-order valence-electron chi connectivity index (χ2n) is 9.06. The maximum Gasteiger partial charge on any atom is 0.317 e. The van der Waals surface area contributed by atoms with Crippen molar-refractivity contribution in [3.8, 4) is 34.7 Å². The van der Waals surface area contributed by atoms with E-state index in [1.165, 1.54) is 37.4 Å². The summed E-state index contributed by atoms with van der Waals surface area (Å²) in [6, 6.07) is 8.96. The molecule has 1 aliphatic rings. The van der Waals surface area contributed by atoms with Gasteiger partial charge in [-0.1, -0.05) is 0 Å². The lowest BCUT2D eigenvalue weighted by Gasteiger charge is -2.40. The Morgan fingerprint density at radius 3 is 2.50 bits per heavy atom. The number of primary amides is 1. The van der Waals surface area contributed by atoms with Gasteiger partial charge in [0, 0.05) is 11.8 Å². The maximum absolute atomic E-state index is 13.7. The number of esters is 1. The number of hydrogen-bond acceptors (Lipinski definition) is 10. The summed E-state index contributed by atoms with van der Waals surface area (Å²) in [5.74, 6) is -4.51. The molecule has 0 unspecified atom stereocenters. The molecule has 3 N–H and O–H groups in total. The summed E-state index contributed by atoms with van der Waals surface area (Å²) in [6.45, 7) is 4.08. The number of nitrogens with two attached hydrogens (primary N) is 1. The second-order valence-corrected chi connectivity index (χ2v) is 9.06. The first-order valence-corrected chi connectivity index (χ1v) is 11.6. The molecule has 0 atom stereocenters. The van der Waals surface area contributed by atoms with Gasteiger partial charge in [-0.15, -0.1) is 0 Å². The van der Waals surface area contributed by atoms with E-state index in [2.05, 4.69) is 19.9 Å². The van der Waals surface area contributed by atoms with Crippen LogP contribution >= 0.6 is 0 Å². The van der Waals surface area contributed by atoms with Crippen molar-refractivity contribution in [2.45, 2.75) is 32.7 Å². The van der Waals surface area contributed by atoms with Crippen molar-refractivity contribution < 1.29 is 32.9 Å². The van der Waals surface area contributed by atoms with E-state index in [0.717, 1.165) is 0 Å². The van der Waals surface area contributed by atoms with Crippen LogP contribution in [0.4, 0.5) is 4.39 Å². The van der Waals surface area contributed by atoms with Gasteiger partial charge in [-0.2, -0.15) is 10.2 Å². The minimum absolute atomic E-state index is 0.111. The molecule has 1 aromatic carbocycles. The van der Waals surface area contributed by atoms with Crippen LogP contribution in [0.5, 0.6) is 6.01 Å². The zero-order valence-electron chi connectivity index (χ0n) is 20.9. The Morgan fingerprint density at radius 1 is 1.21 bits per heavy atom. The van der Waals surface area contributed by atoms with Crippen LogP contribution in [0.2, 0.25) is 0 Å². The van der Waals surface area contributed by atoms with Gasteiger partial charge in [-0.25, -0.2) is 14.4 Å². The van der Waals surface area contributed by atoms with Crippen molar-refractivity contribution in [1.82, 2.24) is 19.9 Å². The number of nitrogens with zero attached hydrogens (tertiary/aromatic N) is 4. The first-order chi connectivity index (χ1) is 18.1. The lowest BCUT2D eigenvalue weighted by Crippen LogP contribution is -2.56. The van der Waals surface area contributed by atoms with Gasteiger partial charge in [-0.3, -0.25) is 9.59 Å². The molecule has 4 rings (SSSR count). The van der Waals surface area contributed by atoms with Crippen LogP contribution in [0, 0.1) is 22.6 Å². The number of carbonyl (C=O) groups excluding carboxylic acids is 2. The van der Waals surface area contributed by atoms with Crippen LogP contribution in [0.3, 0.4) is 0 Å².